The van der Waals surface area contributed by atoms with E-state index in [1.165, 1.54) is 11.6 Å². The number of carbonyl (C=O) groups excluding carboxylic acids is 1. The number of nitrogens with one attached hydrogen (secondary N) is 1. The van der Waals surface area contributed by atoms with Gasteiger partial charge in [0.2, 0.25) is 5.91 Å². The molecule has 2 aromatic rings. The Hall–Kier alpha value is -1.69. The van der Waals surface area contributed by atoms with E-state index in [1.807, 2.05) is 22.6 Å². The zero-order valence-corrected chi connectivity index (χ0v) is 14.0. The Morgan fingerprint density at radius 1 is 1.38 bits per heavy atom. The van der Waals surface area contributed by atoms with E-state index < -0.39 is 11.2 Å². The number of hydrogen-bond acceptors (Lipinski definition) is 5. The predicted octanol–water partition coefficient (Wildman–Crippen LogP) is -1.11. The van der Waals surface area contributed by atoms with Gasteiger partial charge in [-0.2, -0.15) is 0 Å². The average Bonchev–Trinajstić information content (AvgIpc) is 2.89. The van der Waals surface area contributed by atoms with Gasteiger partial charge in [0.1, 0.15) is 11.3 Å². The summed E-state index contributed by atoms with van der Waals surface area (Å²) in [7, 11) is 2.99. The van der Waals surface area contributed by atoms with Crippen LogP contribution in [-0.4, -0.2) is 29.4 Å². The van der Waals surface area contributed by atoms with E-state index in [1.54, 1.807) is 14.0 Å². The molecule has 9 nitrogen and oxygen atoms in total. The Balaban J connectivity index is 0.000000383. The summed E-state index contributed by atoms with van der Waals surface area (Å²) < 4.78 is 2.77. The number of hydrogen-bond donors (Lipinski definition) is 3. The molecule has 0 spiro atoms. The molecule has 0 aliphatic heterocycles. The first-order valence-corrected chi connectivity index (χ1v) is 7.48. The highest BCUT2D eigenvalue weighted by Crippen LogP contribution is 2.09. The Kier molecular flexibility index (Phi) is 5.66. The molecule has 0 saturated carbocycles. The largest absolute Gasteiger partial charge is 0.369 e. The second kappa shape index (κ2) is 6.85. The number of fused-ring (bicyclic) bond motifs is 1. The van der Waals surface area contributed by atoms with E-state index >= 15 is 0 Å². The lowest BCUT2D eigenvalue weighted by molar-refractivity contribution is -0.115. The SMILES string of the molecule is CC(N)c1nc2c([nH]1)c(=O)n(C)c(=O)n2C.NC(=O)CI. The fourth-order valence-corrected chi connectivity index (χ4v) is 1.56. The Morgan fingerprint density at radius 2 is 1.90 bits per heavy atom. The molecule has 0 radical (unpaired) electrons. The molecular weight excluding hydrogens is 391 g/mol. The molecule has 5 N–H and O–H groups in total. The van der Waals surface area contributed by atoms with Crippen LogP contribution in [0.5, 0.6) is 0 Å². The molecule has 0 saturated heterocycles. The number of aromatic amines is 1. The van der Waals surface area contributed by atoms with Gasteiger partial charge in [-0.05, 0) is 6.92 Å². The van der Waals surface area contributed by atoms with Gasteiger partial charge in [0.25, 0.3) is 5.56 Å². The lowest BCUT2D eigenvalue weighted by Gasteiger charge is -2.00. The molecule has 0 aromatic carbocycles. The third kappa shape index (κ3) is 3.69. The van der Waals surface area contributed by atoms with Gasteiger partial charge < -0.3 is 16.5 Å². The Bertz CT molecular complexity index is 773. The van der Waals surface area contributed by atoms with Crippen molar-refractivity contribution in [3.8, 4) is 0 Å². The summed E-state index contributed by atoms with van der Waals surface area (Å²) in [4.78, 5) is 40.0. The van der Waals surface area contributed by atoms with Crippen LogP contribution in [-0.2, 0) is 18.9 Å². The van der Waals surface area contributed by atoms with Crippen LogP contribution in [0.1, 0.15) is 18.8 Å². The van der Waals surface area contributed by atoms with E-state index in [9.17, 15) is 14.4 Å². The molecule has 1 amide bonds. The first-order chi connectivity index (χ1) is 9.70. The number of H-pyrrole nitrogens is 1. The number of alkyl halides is 1. The Morgan fingerprint density at radius 3 is 2.33 bits per heavy atom. The van der Waals surface area contributed by atoms with Gasteiger partial charge in [0.05, 0.1) is 10.5 Å². The molecule has 10 heteroatoms. The molecule has 0 aliphatic rings. The quantitative estimate of drug-likeness (QED) is 0.427. The molecule has 0 bridgehead atoms. The summed E-state index contributed by atoms with van der Waals surface area (Å²) in [5, 5.41) is 0. The molecule has 1 atom stereocenters. The third-order valence-electron chi connectivity index (χ3n) is 2.68. The van der Waals surface area contributed by atoms with Gasteiger partial charge in [0, 0.05) is 14.1 Å². The highest BCUT2D eigenvalue weighted by Gasteiger charge is 2.14. The predicted molar refractivity (Wildman–Crippen MR) is 87.3 cm³/mol. The number of carbonyl (C=O) groups is 1. The van der Waals surface area contributed by atoms with Crippen LogP contribution in [0.25, 0.3) is 11.2 Å². The molecule has 21 heavy (non-hydrogen) atoms. The maximum Gasteiger partial charge on any atom is 0.332 e. The summed E-state index contributed by atoms with van der Waals surface area (Å²) in [6.07, 6.45) is 0. The number of aryl methyl sites for hydroxylation is 1. The van der Waals surface area contributed by atoms with Crippen molar-refractivity contribution in [2.45, 2.75) is 13.0 Å². The maximum atomic E-state index is 11.8. The van der Waals surface area contributed by atoms with Crippen molar-refractivity contribution in [3.63, 3.8) is 0 Å². The van der Waals surface area contributed by atoms with Gasteiger partial charge in [-0.25, -0.2) is 9.78 Å². The van der Waals surface area contributed by atoms with Crippen molar-refractivity contribution in [2.24, 2.45) is 25.6 Å². The number of amides is 1. The number of nitrogens with two attached hydrogens (primary N) is 2. The minimum atomic E-state index is -0.403. The van der Waals surface area contributed by atoms with Crippen molar-refractivity contribution in [1.82, 2.24) is 19.1 Å². The van der Waals surface area contributed by atoms with E-state index in [4.69, 9.17) is 5.73 Å². The van der Waals surface area contributed by atoms with Crippen LogP contribution < -0.4 is 22.7 Å². The monoisotopic (exact) mass is 408 g/mol. The zero-order chi connectivity index (χ0) is 16.3. The van der Waals surface area contributed by atoms with Gasteiger partial charge in [0.15, 0.2) is 5.65 Å². The highest BCUT2D eigenvalue weighted by molar-refractivity contribution is 14.1. The van der Waals surface area contributed by atoms with Crippen LogP contribution in [0.4, 0.5) is 0 Å². The van der Waals surface area contributed by atoms with Crippen LogP contribution in [0.3, 0.4) is 0 Å². The molecular formula is C11H17IN6O3. The summed E-state index contributed by atoms with van der Waals surface area (Å²) >= 11 is 1.90. The molecule has 116 valence electrons. The second-order valence-corrected chi connectivity index (χ2v) is 5.18. The maximum absolute atomic E-state index is 11.8. The third-order valence-corrected chi connectivity index (χ3v) is 3.43. The highest BCUT2D eigenvalue weighted by atomic mass is 127. The summed E-state index contributed by atoms with van der Waals surface area (Å²) in [6.45, 7) is 1.75. The lowest BCUT2D eigenvalue weighted by Crippen LogP contribution is -2.36. The van der Waals surface area contributed by atoms with Crippen molar-refractivity contribution in [1.29, 1.82) is 0 Å². The van der Waals surface area contributed by atoms with Crippen molar-refractivity contribution in [2.75, 3.05) is 4.43 Å². The normalized spacial score (nSPS) is 11.9. The van der Waals surface area contributed by atoms with E-state index in [2.05, 4.69) is 15.7 Å². The summed E-state index contributed by atoms with van der Waals surface area (Å²) in [6, 6.07) is -0.313. The number of nitrogens with zero attached hydrogens (tertiary/aromatic N) is 3. The molecule has 0 fully saturated rings. The minimum Gasteiger partial charge on any atom is -0.369 e. The minimum absolute atomic E-state index is 0.259. The number of aromatic nitrogens is 4. The van der Waals surface area contributed by atoms with E-state index in [-0.39, 0.29) is 11.9 Å². The molecule has 0 aliphatic carbocycles. The van der Waals surface area contributed by atoms with Crippen LogP contribution in [0, 0.1) is 0 Å². The standard InChI is InChI=1S/C9H13N5O2.C2H4INO/c1-4(10)6-11-5-7(12-6)13(2)9(16)14(3)8(5)15;3-1-2(4)5/h4H,10H2,1-3H3,(H,11,12);1H2,(H2,4,5). The topological polar surface area (TPSA) is 142 Å². The molecule has 2 rings (SSSR count). The molecule has 2 heterocycles. The smallest absolute Gasteiger partial charge is 0.332 e. The summed E-state index contributed by atoms with van der Waals surface area (Å²) in [5.41, 5.74) is 10.2. The van der Waals surface area contributed by atoms with Gasteiger partial charge in [-0.15, -0.1) is 0 Å². The lowest BCUT2D eigenvalue weighted by atomic mass is 10.3. The zero-order valence-electron chi connectivity index (χ0n) is 11.9. The fraction of sp³-hybridized carbons (Fsp3) is 0.455. The second-order valence-electron chi connectivity index (χ2n) is 4.42. The molecule has 1 unspecified atom stereocenters. The Labute approximate surface area is 133 Å². The number of rotatable bonds is 2. The van der Waals surface area contributed by atoms with Gasteiger partial charge in [-0.1, -0.05) is 22.6 Å². The van der Waals surface area contributed by atoms with E-state index in [0.717, 1.165) is 4.57 Å². The first kappa shape index (κ1) is 17.4. The van der Waals surface area contributed by atoms with Gasteiger partial charge >= 0.3 is 5.69 Å². The van der Waals surface area contributed by atoms with Crippen LogP contribution in [0.2, 0.25) is 0 Å². The van der Waals surface area contributed by atoms with Crippen LogP contribution >= 0.6 is 22.6 Å². The number of imidazole rings is 1. The average molecular weight is 408 g/mol. The molecule has 2 aromatic heterocycles. The first-order valence-electron chi connectivity index (χ1n) is 5.96. The van der Waals surface area contributed by atoms with Crippen LogP contribution in [0.15, 0.2) is 9.59 Å². The van der Waals surface area contributed by atoms with E-state index in [0.29, 0.717) is 21.4 Å². The number of primary amides is 1. The fourth-order valence-electron chi connectivity index (χ4n) is 1.56. The van der Waals surface area contributed by atoms with Gasteiger partial charge in [-0.3, -0.25) is 18.7 Å². The van der Waals surface area contributed by atoms with Crippen molar-refractivity contribution < 1.29 is 4.79 Å². The summed E-state index contributed by atoms with van der Waals surface area (Å²) in [5.74, 6) is 0.235. The van der Waals surface area contributed by atoms with Crippen molar-refractivity contribution >= 4 is 39.7 Å². The van der Waals surface area contributed by atoms with Crippen molar-refractivity contribution in [3.05, 3.63) is 26.7 Å². The number of halogens is 1.